The number of carbonyl (C=O) groups excluding carboxylic acids is 2. The highest BCUT2D eigenvalue weighted by Gasteiger charge is 2.32. The molecule has 0 bridgehead atoms. The van der Waals surface area contributed by atoms with E-state index in [1.165, 1.54) is 24.1 Å². The first-order valence-electron chi connectivity index (χ1n) is 11.3. The van der Waals surface area contributed by atoms with E-state index >= 15 is 0 Å². The van der Waals surface area contributed by atoms with Gasteiger partial charge in [-0.15, -0.1) is 0 Å². The molecule has 0 aliphatic carbocycles. The minimum Gasteiger partial charge on any atom is -0.357 e. The van der Waals surface area contributed by atoms with Crippen molar-refractivity contribution in [2.75, 3.05) is 17.9 Å². The van der Waals surface area contributed by atoms with Gasteiger partial charge < -0.3 is 10.2 Å². The zero-order valence-corrected chi connectivity index (χ0v) is 21.2. The molecule has 3 aromatic rings. The lowest BCUT2D eigenvalue weighted by Crippen LogP contribution is -2.50. The summed E-state index contributed by atoms with van der Waals surface area (Å²) in [5.41, 5.74) is 3.04. The smallest absolute Gasteiger partial charge is 0.264 e. The maximum atomic E-state index is 13.7. The Morgan fingerprint density at radius 1 is 0.886 bits per heavy atom. The van der Waals surface area contributed by atoms with Gasteiger partial charge in [0.05, 0.1) is 10.6 Å². The van der Waals surface area contributed by atoms with E-state index in [0.717, 1.165) is 15.4 Å². The van der Waals surface area contributed by atoms with Crippen LogP contribution in [0.25, 0.3) is 0 Å². The number of carbonyl (C=O) groups is 2. The maximum absolute atomic E-state index is 13.7. The second-order valence-corrected chi connectivity index (χ2v) is 10.3. The van der Waals surface area contributed by atoms with Crippen LogP contribution in [0.1, 0.15) is 23.6 Å². The lowest BCUT2D eigenvalue weighted by atomic mass is 10.1. The summed E-state index contributed by atoms with van der Waals surface area (Å²) in [6.07, 6.45) is 0. The van der Waals surface area contributed by atoms with E-state index in [0.29, 0.717) is 11.3 Å². The first-order valence-corrected chi connectivity index (χ1v) is 12.8. The lowest BCUT2D eigenvalue weighted by molar-refractivity contribution is -0.139. The van der Waals surface area contributed by atoms with E-state index in [9.17, 15) is 18.0 Å². The number of aryl methyl sites for hydroxylation is 2. The van der Waals surface area contributed by atoms with Gasteiger partial charge in [0, 0.05) is 13.6 Å². The number of hydrogen-bond donors (Lipinski definition) is 1. The summed E-state index contributed by atoms with van der Waals surface area (Å²) in [6.45, 7) is 5.11. The van der Waals surface area contributed by atoms with E-state index in [2.05, 4.69) is 5.32 Å². The highest BCUT2D eigenvalue weighted by molar-refractivity contribution is 7.92. The second-order valence-electron chi connectivity index (χ2n) is 8.41. The van der Waals surface area contributed by atoms with Crippen molar-refractivity contribution in [3.05, 3.63) is 95.6 Å². The molecule has 0 saturated heterocycles. The number of nitrogens with one attached hydrogen (secondary N) is 1. The van der Waals surface area contributed by atoms with Crippen molar-refractivity contribution in [1.82, 2.24) is 10.2 Å². The van der Waals surface area contributed by atoms with Crippen LogP contribution in [-0.2, 0) is 26.2 Å². The molecule has 0 fully saturated rings. The molecule has 0 heterocycles. The van der Waals surface area contributed by atoms with Gasteiger partial charge in [-0.25, -0.2) is 8.42 Å². The third kappa shape index (κ3) is 6.08. The highest BCUT2D eigenvalue weighted by Crippen LogP contribution is 2.27. The van der Waals surface area contributed by atoms with Gasteiger partial charge in [-0.05, 0) is 50.1 Å². The molecule has 0 aromatic heterocycles. The van der Waals surface area contributed by atoms with Crippen molar-refractivity contribution >= 4 is 27.5 Å². The molecule has 184 valence electrons. The van der Waals surface area contributed by atoms with Crippen LogP contribution in [0.4, 0.5) is 5.69 Å². The second kappa shape index (κ2) is 11.2. The molecule has 8 heteroatoms. The number of para-hydroxylation sites is 1. The SMILES string of the molecule is CNC(=O)[C@@H](C)N(Cc1ccc(C)cc1)C(=O)CN(c1ccccc1C)S(=O)(=O)c1ccccc1. The number of benzene rings is 3. The number of rotatable bonds is 9. The summed E-state index contributed by atoms with van der Waals surface area (Å²) >= 11 is 0. The Morgan fingerprint density at radius 2 is 1.49 bits per heavy atom. The Balaban J connectivity index is 2.03. The van der Waals surface area contributed by atoms with Crippen molar-refractivity contribution < 1.29 is 18.0 Å². The third-order valence-corrected chi connectivity index (χ3v) is 7.66. The molecule has 35 heavy (non-hydrogen) atoms. The van der Waals surface area contributed by atoms with Crippen LogP contribution in [0.5, 0.6) is 0 Å². The molecule has 3 aromatic carbocycles. The number of sulfonamides is 1. The predicted molar refractivity (Wildman–Crippen MR) is 137 cm³/mol. The summed E-state index contributed by atoms with van der Waals surface area (Å²) < 4.78 is 28.5. The first-order chi connectivity index (χ1) is 16.6. The fourth-order valence-corrected chi connectivity index (χ4v) is 5.26. The van der Waals surface area contributed by atoms with Gasteiger partial charge in [-0.1, -0.05) is 66.2 Å². The molecule has 2 amide bonds. The van der Waals surface area contributed by atoms with Crippen molar-refractivity contribution in [3.63, 3.8) is 0 Å². The van der Waals surface area contributed by atoms with E-state index < -0.39 is 28.5 Å². The van der Waals surface area contributed by atoms with Gasteiger partial charge >= 0.3 is 0 Å². The summed E-state index contributed by atoms with van der Waals surface area (Å²) in [7, 11) is -2.54. The lowest BCUT2D eigenvalue weighted by Gasteiger charge is -2.32. The molecule has 0 aliphatic rings. The Hall–Kier alpha value is -3.65. The summed E-state index contributed by atoms with van der Waals surface area (Å²) in [6, 6.07) is 21.9. The van der Waals surface area contributed by atoms with Crippen LogP contribution in [0.3, 0.4) is 0 Å². The van der Waals surface area contributed by atoms with Crippen molar-refractivity contribution in [2.45, 2.75) is 38.3 Å². The van der Waals surface area contributed by atoms with Gasteiger partial charge in [0.25, 0.3) is 10.0 Å². The Labute approximate surface area is 207 Å². The minimum absolute atomic E-state index is 0.0838. The van der Waals surface area contributed by atoms with E-state index in [4.69, 9.17) is 0 Å². The zero-order chi connectivity index (χ0) is 25.6. The molecular formula is C27H31N3O4S. The molecule has 1 atom stereocenters. The van der Waals surface area contributed by atoms with Gasteiger partial charge in [-0.3, -0.25) is 13.9 Å². The Bertz CT molecular complexity index is 1280. The van der Waals surface area contributed by atoms with Crippen LogP contribution < -0.4 is 9.62 Å². The number of likely N-dealkylation sites (N-methyl/N-ethyl adjacent to an activating group) is 1. The molecule has 0 unspecified atom stereocenters. The molecule has 3 rings (SSSR count). The standard InChI is InChI=1S/C27H31N3O4S/c1-20-14-16-23(17-15-20)18-29(22(3)27(32)28-4)26(31)19-30(25-13-9-8-10-21(25)2)35(33,34)24-11-6-5-7-12-24/h5-17,22H,18-19H2,1-4H3,(H,28,32)/t22-/m1/s1. The normalized spacial score (nSPS) is 12.0. The monoisotopic (exact) mass is 493 g/mol. The van der Waals surface area contributed by atoms with Crippen molar-refractivity contribution in [1.29, 1.82) is 0 Å². The van der Waals surface area contributed by atoms with E-state index in [1.807, 2.05) is 37.3 Å². The number of hydrogen-bond acceptors (Lipinski definition) is 4. The van der Waals surface area contributed by atoms with Crippen molar-refractivity contribution in [2.24, 2.45) is 0 Å². The number of anilines is 1. The van der Waals surface area contributed by atoms with Gasteiger partial charge in [0.2, 0.25) is 11.8 Å². The summed E-state index contributed by atoms with van der Waals surface area (Å²) in [5.74, 6) is -0.816. The van der Waals surface area contributed by atoms with E-state index in [-0.39, 0.29) is 17.3 Å². The number of amides is 2. The molecule has 0 aliphatic heterocycles. The topological polar surface area (TPSA) is 86.8 Å². The molecule has 0 radical (unpaired) electrons. The molecule has 7 nitrogen and oxygen atoms in total. The van der Waals surface area contributed by atoms with Gasteiger partial charge in [-0.2, -0.15) is 0 Å². The van der Waals surface area contributed by atoms with Crippen LogP contribution in [0.15, 0.2) is 83.8 Å². The average Bonchev–Trinajstić information content (AvgIpc) is 2.86. The summed E-state index contributed by atoms with van der Waals surface area (Å²) in [4.78, 5) is 27.7. The maximum Gasteiger partial charge on any atom is 0.264 e. The van der Waals surface area contributed by atoms with Crippen LogP contribution >= 0.6 is 0 Å². The van der Waals surface area contributed by atoms with Crippen LogP contribution in [0.2, 0.25) is 0 Å². The molecular weight excluding hydrogens is 462 g/mol. The first kappa shape index (κ1) is 26.0. The quantitative estimate of drug-likeness (QED) is 0.493. The fraction of sp³-hybridized carbons (Fsp3) is 0.259. The van der Waals surface area contributed by atoms with E-state index in [1.54, 1.807) is 50.2 Å². The molecule has 1 N–H and O–H groups in total. The Kier molecular flexibility index (Phi) is 8.30. The number of nitrogens with zero attached hydrogens (tertiary/aromatic N) is 2. The Morgan fingerprint density at radius 3 is 2.09 bits per heavy atom. The fourth-order valence-electron chi connectivity index (χ4n) is 3.76. The third-order valence-electron chi connectivity index (χ3n) is 5.88. The largest absolute Gasteiger partial charge is 0.357 e. The minimum atomic E-state index is -4.05. The van der Waals surface area contributed by atoms with Crippen LogP contribution in [0, 0.1) is 13.8 Å². The zero-order valence-electron chi connectivity index (χ0n) is 20.4. The molecule has 0 spiro atoms. The van der Waals surface area contributed by atoms with Crippen LogP contribution in [-0.4, -0.2) is 44.8 Å². The average molecular weight is 494 g/mol. The summed E-state index contributed by atoms with van der Waals surface area (Å²) in [5, 5.41) is 2.58. The highest BCUT2D eigenvalue weighted by atomic mass is 32.2. The van der Waals surface area contributed by atoms with Crippen molar-refractivity contribution in [3.8, 4) is 0 Å². The van der Waals surface area contributed by atoms with Gasteiger partial charge in [0.1, 0.15) is 12.6 Å². The van der Waals surface area contributed by atoms with Gasteiger partial charge in [0.15, 0.2) is 0 Å². The predicted octanol–water partition coefficient (Wildman–Crippen LogP) is 3.66. The molecule has 0 saturated carbocycles.